The molecule has 84 valence electrons. The Hall–Kier alpha value is -1.35. The van der Waals surface area contributed by atoms with E-state index in [1.807, 2.05) is 6.92 Å². The van der Waals surface area contributed by atoms with E-state index in [0.29, 0.717) is 12.2 Å². The minimum atomic E-state index is -0.835. The maximum atomic E-state index is 11.1. The number of carbonyl (C=O) groups excluding carboxylic acids is 1. The van der Waals surface area contributed by atoms with Crippen LogP contribution in [0, 0.1) is 0 Å². The van der Waals surface area contributed by atoms with Crippen molar-refractivity contribution >= 4 is 5.97 Å². The number of hydrogen-bond donors (Lipinski definition) is 1. The highest BCUT2D eigenvalue weighted by Crippen LogP contribution is 2.09. The zero-order valence-corrected chi connectivity index (χ0v) is 9.27. The summed E-state index contributed by atoms with van der Waals surface area (Å²) >= 11 is 0. The van der Waals surface area contributed by atoms with Gasteiger partial charge in [0.2, 0.25) is 0 Å². The van der Waals surface area contributed by atoms with Gasteiger partial charge in [0.15, 0.2) is 0 Å². The van der Waals surface area contributed by atoms with E-state index >= 15 is 0 Å². The van der Waals surface area contributed by atoms with Gasteiger partial charge in [0.1, 0.15) is 0 Å². The minimum Gasteiger partial charge on any atom is -0.466 e. The molecule has 0 unspecified atom stereocenters. The number of hydrogen-bond acceptors (Lipinski definition) is 3. The van der Waals surface area contributed by atoms with Crippen molar-refractivity contribution < 1.29 is 14.6 Å². The standard InChI is InChI=1S/C12H18O3/c1-4-7-10(8-5-2)11(13)9-12(14)15-6-3/h4-5,7-8,11,13H,1,6,9H2,2-3H3/b8-5-,10-7+/t11-/m0/s1. The highest BCUT2D eigenvalue weighted by Gasteiger charge is 2.13. The molecule has 15 heavy (non-hydrogen) atoms. The van der Waals surface area contributed by atoms with E-state index in [2.05, 4.69) is 6.58 Å². The number of aliphatic hydroxyl groups is 1. The summed E-state index contributed by atoms with van der Waals surface area (Å²) in [6, 6.07) is 0. The molecule has 1 N–H and O–H groups in total. The number of esters is 1. The highest BCUT2D eigenvalue weighted by atomic mass is 16.5. The lowest BCUT2D eigenvalue weighted by Gasteiger charge is -2.10. The Labute approximate surface area is 90.8 Å². The summed E-state index contributed by atoms with van der Waals surface area (Å²) in [5.41, 5.74) is 0.653. The van der Waals surface area contributed by atoms with Gasteiger partial charge in [0, 0.05) is 0 Å². The van der Waals surface area contributed by atoms with Gasteiger partial charge in [-0.2, -0.15) is 0 Å². The molecule has 0 aromatic carbocycles. The Morgan fingerprint density at radius 3 is 2.73 bits per heavy atom. The summed E-state index contributed by atoms with van der Waals surface area (Å²) in [4.78, 5) is 11.1. The van der Waals surface area contributed by atoms with E-state index in [0.717, 1.165) is 0 Å². The fraction of sp³-hybridized carbons (Fsp3) is 0.417. The molecule has 0 rings (SSSR count). The lowest BCUT2D eigenvalue weighted by atomic mass is 10.1. The molecule has 3 nitrogen and oxygen atoms in total. The van der Waals surface area contributed by atoms with Gasteiger partial charge in [-0.25, -0.2) is 0 Å². The van der Waals surface area contributed by atoms with Gasteiger partial charge >= 0.3 is 5.97 Å². The second-order valence-electron chi connectivity index (χ2n) is 2.93. The molecule has 0 aliphatic rings. The van der Waals surface area contributed by atoms with E-state index < -0.39 is 12.1 Å². The van der Waals surface area contributed by atoms with Gasteiger partial charge in [-0.1, -0.05) is 30.9 Å². The summed E-state index contributed by atoms with van der Waals surface area (Å²) in [6.07, 6.45) is 5.92. The molecule has 0 aliphatic carbocycles. The van der Waals surface area contributed by atoms with Gasteiger partial charge in [0.05, 0.1) is 19.1 Å². The van der Waals surface area contributed by atoms with E-state index in [1.165, 1.54) is 0 Å². The zero-order chi connectivity index (χ0) is 11.7. The molecular formula is C12H18O3. The smallest absolute Gasteiger partial charge is 0.308 e. The molecule has 0 heterocycles. The fourth-order valence-electron chi connectivity index (χ4n) is 1.10. The number of rotatable bonds is 6. The number of aliphatic hydroxyl groups excluding tert-OH is 1. The first-order valence-electron chi connectivity index (χ1n) is 4.94. The molecule has 0 amide bonds. The lowest BCUT2D eigenvalue weighted by molar-refractivity contribution is -0.144. The molecule has 3 heteroatoms. The fourth-order valence-corrected chi connectivity index (χ4v) is 1.10. The van der Waals surface area contributed by atoms with Gasteiger partial charge < -0.3 is 9.84 Å². The molecule has 0 radical (unpaired) electrons. The van der Waals surface area contributed by atoms with Gasteiger partial charge in [-0.15, -0.1) is 0 Å². The van der Waals surface area contributed by atoms with Crippen molar-refractivity contribution in [2.75, 3.05) is 6.61 Å². The number of allylic oxidation sites excluding steroid dienone is 3. The number of ether oxygens (including phenoxy) is 1. The first-order chi connectivity index (χ1) is 7.15. The molecule has 1 atom stereocenters. The van der Waals surface area contributed by atoms with Crippen LogP contribution in [0.3, 0.4) is 0 Å². The molecule has 0 saturated carbocycles. The van der Waals surface area contributed by atoms with Crippen molar-refractivity contribution in [1.82, 2.24) is 0 Å². The monoisotopic (exact) mass is 210 g/mol. The van der Waals surface area contributed by atoms with Crippen LogP contribution in [0.4, 0.5) is 0 Å². The van der Waals surface area contributed by atoms with Crippen LogP contribution in [0.1, 0.15) is 20.3 Å². The van der Waals surface area contributed by atoms with Crippen LogP contribution in [-0.4, -0.2) is 23.8 Å². The van der Waals surface area contributed by atoms with Crippen molar-refractivity contribution in [2.24, 2.45) is 0 Å². The van der Waals surface area contributed by atoms with Gasteiger partial charge in [-0.3, -0.25) is 4.79 Å². The summed E-state index contributed by atoms with van der Waals surface area (Å²) in [7, 11) is 0. The molecule has 0 aromatic rings. The molecular weight excluding hydrogens is 192 g/mol. The largest absolute Gasteiger partial charge is 0.466 e. The highest BCUT2D eigenvalue weighted by molar-refractivity contribution is 5.70. The van der Waals surface area contributed by atoms with E-state index in [1.54, 1.807) is 31.2 Å². The minimum absolute atomic E-state index is 0.0299. The summed E-state index contributed by atoms with van der Waals surface area (Å²) in [5.74, 6) is -0.399. The van der Waals surface area contributed by atoms with Gasteiger partial charge in [0.25, 0.3) is 0 Å². The molecule has 0 spiro atoms. The summed E-state index contributed by atoms with van der Waals surface area (Å²) in [6.45, 7) is 7.45. The van der Waals surface area contributed by atoms with Crippen LogP contribution in [0.15, 0.2) is 36.5 Å². The molecule has 0 aliphatic heterocycles. The Kier molecular flexibility index (Phi) is 7.28. The zero-order valence-electron chi connectivity index (χ0n) is 9.27. The van der Waals surface area contributed by atoms with Crippen LogP contribution >= 0.6 is 0 Å². The van der Waals surface area contributed by atoms with Crippen LogP contribution < -0.4 is 0 Å². The van der Waals surface area contributed by atoms with E-state index in [4.69, 9.17) is 4.74 Å². The predicted molar refractivity (Wildman–Crippen MR) is 60.4 cm³/mol. The normalized spacial score (nSPS) is 13.9. The van der Waals surface area contributed by atoms with Gasteiger partial charge in [-0.05, 0) is 19.4 Å². The maximum Gasteiger partial charge on any atom is 0.308 e. The molecule has 0 fully saturated rings. The van der Waals surface area contributed by atoms with E-state index in [9.17, 15) is 9.90 Å². The Bertz CT molecular complexity index is 264. The van der Waals surface area contributed by atoms with Crippen molar-refractivity contribution in [3.05, 3.63) is 36.5 Å². The maximum absolute atomic E-state index is 11.1. The van der Waals surface area contributed by atoms with Crippen molar-refractivity contribution in [3.63, 3.8) is 0 Å². The van der Waals surface area contributed by atoms with E-state index in [-0.39, 0.29) is 6.42 Å². The van der Waals surface area contributed by atoms with Crippen LogP contribution in [0.5, 0.6) is 0 Å². The number of carbonyl (C=O) groups is 1. The third-order valence-electron chi connectivity index (χ3n) is 1.72. The van der Waals surface area contributed by atoms with Crippen LogP contribution in [0.25, 0.3) is 0 Å². The Morgan fingerprint density at radius 2 is 2.27 bits per heavy atom. The predicted octanol–water partition coefficient (Wildman–Crippen LogP) is 1.99. The average molecular weight is 210 g/mol. The van der Waals surface area contributed by atoms with Crippen LogP contribution in [0.2, 0.25) is 0 Å². The topological polar surface area (TPSA) is 46.5 Å². The third kappa shape index (κ3) is 5.86. The van der Waals surface area contributed by atoms with Crippen LogP contribution in [-0.2, 0) is 9.53 Å². The molecule has 0 bridgehead atoms. The second-order valence-corrected chi connectivity index (χ2v) is 2.93. The lowest BCUT2D eigenvalue weighted by Crippen LogP contribution is -2.17. The quantitative estimate of drug-likeness (QED) is 0.538. The summed E-state index contributed by atoms with van der Waals surface area (Å²) < 4.78 is 4.74. The molecule has 0 saturated heterocycles. The van der Waals surface area contributed by atoms with Crippen molar-refractivity contribution in [1.29, 1.82) is 0 Å². The SMILES string of the molecule is C=C/C=C(\C=C/C)[C@@H](O)CC(=O)OCC. The molecule has 0 aromatic heterocycles. The average Bonchev–Trinajstić information content (AvgIpc) is 2.17. The Morgan fingerprint density at radius 1 is 1.60 bits per heavy atom. The second kappa shape index (κ2) is 8.00. The first kappa shape index (κ1) is 13.7. The first-order valence-corrected chi connectivity index (χ1v) is 4.94. The van der Waals surface area contributed by atoms with Crippen molar-refractivity contribution in [2.45, 2.75) is 26.4 Å². The summed E-state index contributed by atoms with van der Waals surface area (Å²) in [5, 5.41) is 9.70. The van der Waals surface area contributed by atoms with Crippen molar-refractivity contribution in [3.8, 4) is 0 Å². The third-order valence-corrected chi connectivity index (χ3v) is 1.72. The Balaban J connectivity index is 4.38.